The van der Waals surface area contributed by atoms with Crippen LogP contribution in [0.25, 0.3) is 12.2 Å². The number of morpholine rings is 1. The predicted molar refractivity (Wildman–Crippen MR) is 108 cm³/mol. The Bertz CT molecular complexity index is 932. The third kappa shape index (κ3) is 5.60. The fourth-order valence-electron chi connectivity index (χ4n) is 2.91. The van der Waals surface area contributed by atoms with Crippen LogP contribution in [0.4, 0.5) is 10.1 Å². The van der Waals surface area contributed by atoms with Gasteiger partial charge in [0.15, 0.2) is 5.78 Å². The smallest absolute Gasteiger partial charge is 0.267 e. The molecule has 0 unspecified atom stereocenters. The van der Waals surface area contributed by atoms with Gasteiger partial charge in [-0.1, -0.05) is 12.1 Å². The maximum Gasteiger partial charge on any atom is 0.267 e. The van der Waals surface area contributed by atoms with Crippen LogP contribution in [0.5, 0.6) is 0 Å². The lowest BCUT2D eigenvalue weighted by Crippen LogP contribution is -2.36. The number of ether oxygens (including phenoxy) is 1. The number of benzene rings is 2. The van der Waals surface area contributed by atoms with Gasteiger partial charge in [0.25, 0.3) is 5.91 Å². The molecule has 0 atom stereocenters. The monoisotopic (exact) mass is 396 g/mol. The van der Waals surface area contributed by atoms with Crippen molar-refractivity contribution in [3.63, 3.8) is 0 Å². The Labute approximate surface area is 167 Å². The molecule has 2 N–H and O–H groups in total. The van der Waals surface area contributed by atoms with E-state index in [1.807, 2.05) is 12.1 Å². The number of carbonyl (C=O) groups is 2. The van der Waals surface area contributed by atoms with Crippen LogP contribution in [0, 0.1) is 5.82 Å². The standard InChI is InChI=1S/C22H21FN2O4/c23-20-15-16(2-10-22(27)24-28)1-3-17(20)6-9-21(26)18-4-7-19(8-5-18)25-11-13-29-14-12-25/h1-10,15,28H,11-14H2,(H,24,27). The molecule has 1 aliphatic heterocycles. The molecule has 1 aliphatic rings. The van der Waals surface area contributed by atoms with Crippen LogP contribution in [0.2, 0.25) is 0 Å². The van der Waals surface area contributed by atoms with Crippen molar-refractivity contribution in [3.05, 3.63) is 77.1 Å². The van der Waals surface area contributed by atoms with Gasteiger partial charge in [-0.25, -0.2) is 9.87 Å². The number of hydrogen-bond acceptors (Lipinski definition) is 5. The van der Waals surface area contributed by atoms with Crippen molar-refractivity contribution >= 4 is 29.5 Å². The van der Waals surface area contributed by atoms with E-state index >= 15 is 0 Å². The van der Waals surface area contributed by atoms with E-state index in [0.717, 1.165) is 24.9 Å². The van der Waals surface area contributed by atoms with Crippen LogP contribution in [0.15, 0.2) is 54.6 Å². The lowest BCUT2D eigenvalue weighted by Gasteiger charge is -2.28. The van der Waals surface area contributed by atoms with Crippen molar-refractivity contribution in [3.8, 4) is 0 Å². The minimum atomic E-state index is -0.709. The summed E-state index contributed by atoms with van der Waals surface area (Å²) in [4.78, 5) is 25.5. The van der Waals surface area contributed by atoms with E-state index in [1.54, 1.807) is 18.2 Å². The minimum Gasteiger partial charge on any atom is -0.378 e. The number of nitrogens with zero attached hydrogens (tertiary/aromatic N) is 1. The number of carbonyl (C=O) groups excluding carboxylic acids is 2. The van der Waals surface area contributed by atoms with Gasteiger partial charge in [-0.15, -0.1) is 0 Å². The number of hydroxylamine groups is 1. The average Bonchev–Trinajstić information content (AvgIpc) is 2.77. The molecule has 7 heteroatoms. The number of halogens is 1. The SMILES string of the molecule is O=C(C=Cc1ccc(C=CC(=O)c2ccc(N3CCOCC3)cc2)c(F)c1)NO. The van der Waals surface area contributed by atoms with Crippen molar-refractivity contribution in [2.75, 3.05) is 31.2 Å². The number of amides is 1. The molecular formula is C22H21FN2O4. The van der Waals surface area contributed by atoms with Crippen molar-refractivity contribution in [2.24, 2.45) is 0 Å². The molecule has 6 nitrogen and oxygen atoms in total. The summed E-state index contributed by atoms with van der Waals surface area (Å²) in [6.45, 7) is 3.03. The van der Waals surface area contributed by atoms with E-state index in [2.05, 4.69) is 4.90 Å². The summed E-state index contributed by atoms with van der Waals surface area (Å²) >= 11 is 0. The molecule has 3 rings (SSSR count). The Kier molecular flexibility index (Phi) is 6.89. The van der Waals surface area contributed by atoms with Crippen molar-refractivity contribution in [1.29, 1.82) is 0 Å². The second kappa shape index (κ2) is 9.77. The second-order valence-corrected chi connectivity index (χ2v) is 6.43. The van der Waals surface area contributed by atoms with Crippen molar-refractivity contribution < 1.29 is 23.9 Å². The summed E-state index contributed by atoms with van der Waals surface area (Å²) in [5.41, 5.74) is 3.73. The molecular weight excluding hydrogens is 375 g/mol. The van der Waals surface area contributed by atoms with E-state index < -0.39 is 11.7 Å². The van der Waals surface area contributed by atoms with Gasteiger partial charge < -0.3 is 9.64 Å². The summed E-state index contributed by atoms with van der Waals surface area (Å²) in [6, 6.07) is 11.7. The average molecular weight is 396 g/mol. The highest BCUT2D eigenvalue weighted by atomic mass is 19.1. The summed E-state index contributed by atoms with van der Waals surface area (Å²) in [5.74, 6) is -1.45. The molecule has 150 valence electrons. The van der Waals surface area contributed by atoms with E-state index in [0.29, 0.717) is 24.3 Å². The zero-order valence-corrected chi connectivity index (χ0v) is 15.7. The maximum atomic E-state index is 14.2. The Hall–Kier alpha value is -3.29. The zero-order chi connectivity index (χ0) is 20.6. The molecule has 0 spiro atoms. The van der Waals surface area contributed by atoms with Crippen LogP contribution < -0.4 is 10.4 Å². The highest BCUT2D eigenvalue weighted by molar-refractivity contribution is 6.07. The number of nitrogens with one attached hydrogen (secondary N) is 1. The first-order valence-electron chi connectivity index (χ1n) is 9.14. The molecule has 1 amide bonds. The van der Waals surface area contributed by atoms with Gasteiger partial charge in [0.2, 0.25) is 0 Å². The number of allylic oxidation sites excluding steroid dienone is 1. The molecule has 0 bridgehead atoms. The van der Waals surface area contributed by atoms with Gasteiger partial charge in [-0.2, -0.15) is 0 Å². The highest BCUT2D eigenvalue weighted by Crippen LogP contribution is 2.18. The Morgan fingerprint density at radius 3 is 2.41 bits per heavy atom. The highest BCUT2D eigenvalue weighted by Gasteiger charge is 2.11. The van der Waals surface area contributed by atoms with E-state index in [1.165, 1.54) is 35.8 Å². The summed E-state index contributed by atoms with van der Waals surface area (Å²) in [7, 11) is 0. The molecule has 0 aromatic heterocycles. The summed E-state index contributed by atoms with van der Waals surface area (Å²) in [5, 5.41) is 8.44. The Balaban J connectivity index is 1.65. The third-order valence-corrected chi connectivity index (χ3v) is 4.50. The quantitative estimate of drug-likeness (QED) is 0.340. The van der Waals surface area contributed by atoms with Gasteiger partial charge in [0.1, 0.15) is 5.82 Å². The fraction of sp³-hybridized carbons (Fsp3) is 0.182. The van der Waals surface area contributed by atoms with Crippen LogP contribution in [-0.4, -0.2) is 43.2 Å². The van der Waals surface area contributed by atoms with E-state index in [-0.39, 0.29) is 11.3 Å². The number of rotatable bonds is 6. The van der Waals surface area contributed by atoms with Gasteiger partial charge in [-0.05, 0) is 54.1 Å². The molecule has 0 saturated carbocycles. The molecule has 1 heterocycles. The minimum absolute atomic E-state index is 0.221. The molecule has 1 fully saturated rings. The van der Waals surface area contributed by atoms with Crippen LogP contribution >= 0.6 is 0 Å². The topological polar surface area (TPSA) is 78.9 Å². The molecule has 29 heavy (non-hydrogen) atoms. The first kappa shape index (κ1) is 20.4. The third-order valence-electron chi connectivity index (χ3n) is 4.50. The molecule has 1 saturated heterocycles. The van der Waals surface area contributed by atoms with Gasteiger partial charge >= 0.3 is 0 Å². The predicted octanol–water partition coefficient (Wildman–Crippen LogP) is 3.08. The second-order valence-electron chi connectivity index (χ2n) is 6.43. The van der Waals surface area contributed by atoms with Crippen LogP contribution in [0.1, 0.15) is 21.5 Å². The van der Waals surface area contributed by atoms with Crippen LogP contribution in [-0.2, 0) is 9.53 Å². The molecule has 2 aromatic carbocycles. The van der Waals surface area contributed by atoms with Gasteiger partial charge in [-0.3, -0.25) is 14.8 Å². The van der Waals surface area contributed by atoms with Crippen molar-refractivity contribution in [1.82, 2.24) is 5.48 Å². The number of anilines is 1. The van der Waals surface area contributed by atoms with E-state index in [9.17, 15) is 14.0 Å². The first-order chi connectivity index (χ1) is 14.1. The lowest BCUT2D eigenvalue weighted by atomic mass is 10.1. The molecule has 0 radical (unpaired) electrons. The first-order valence-corrected chi connectivity index (χ1v) is 9.14. The lowest BCUT2D eigenvalue weighted by molar-refractivity contribution is -0.124. The Morgan fingerprint density at radius 1 is 1.03 bits per heavy atom. The zero-order valence-electron chi connectivity index (χ0n) is 15.7. The van der Waals surface area contributed by atoms with Crippen LogP contribution in [0.3, 0.4) is 0 Å². The van der Waals surface area contributed by atoms with Gasteiger partial charge in [0.05, 0.1) is 13.2 Å². The summed E-state index contributed by atoms with van der Waals surface area (Å²) in [6.07, 6.45) is 5.19. The largest absolute Gasteiger partial charge is 0.378 e. The normalized spacial score (nSPS) is 14.5. The maximum absolute atomic E-state index is 14.2. The fourth-order valence-corrected chi connectivity index (χ4v) is 2.91. The summed E-state index contributed by atoms with van der Waals surface area (Å²) < 4.78 is 19.5. The Morgan fingerprint density at radius 2 is 1.76 bits per heavy atom. The van der Waals surface area contributed by atoms with Gasteiger partial charge in [0, 0.05) is 36.0 Å². The van der Waals surface area contributed by atoms with E-state index in [4.69, 9.17) is 9.94 Å². The number of hydrogen-bond donors (Lipinski definition) is 2. The number of ketones is 1. The molecule has 2 aromatic rings. The molecule has 0 aliphatic carbocycles. The van der Waals surface area contributed by atoms with Crippen molar-refractivity contribution in [2.45, 2.75) is 0 Å².